The molecule has 7 heteroatoms. The molecule has 1 saturated heterocycles. The number of rotatable bonds is 3. The minimum Gasteiger partial charge on any atom is -0.315 e. The summed E-state index contributed by atoms with van der Waals surface area (Å²) < 4.78 is 24.5. The van der Waals surface area contributed by atoms with Crippen LogP contribution in [0.5, 0.6) is 0 Å². The van der Waals surface area contributed by atoms with Crippen LogP contribution in [0.25, 0.3) is 0 Å². The Hall–Kier alpha value is -0.170. The lowest BCUT2D eigenvalue weighted by Gasteiger charge is -2.22. The molecular formula is C9H13ClN2O2S2. The number of halogens is 1. The molecule has 0 amide bonds. The van der Waals surface area contributed by atoms with Crippen molar-refractivity contribution in [3.63, 3.8) is 0 Å². The van der Waals surface area contributed by atoms with Crippen LogP contribution in [0, 0.1) is 0 Å². The second-order valence-electron chi connectivity index (χ2n) is 3.86. The van der Waals surface area contributed by atoms with Gasteiger partial charge in [-0.3, -0.25) is 0 Å². The standard InChI is InChI=1S/C9H13ClN2O2S2/c10-9-12-4-7(15-9)6-16(13,14)8-2-1-3-11-5-8/h4,8,11H,1-3,5-6H2/t8-/m1/s1. The molecule has 1 fully saturated rings. The molecular weight excluding hydrogens is 268 g/mol. The minimum atomic E-state index is -3.07. The van der Waals surface area contributed by atoms with Crippen molar-refractivity contribution < 1.29 is 8.42 Å². The number of aromatic nitrogens is 1. The summed E-state index contributed by atoms with van der Waals surface area (Å²) in [5.41, 5.74) is 0. The van der Waals surface area contributed by atoms with E-state index in [-0.39, 0.29) is 11.0 Å². The fraction of sp³-hybridized carbons (Fsp3) is 0.667. The zero-order valence-electron chi connectivity index (χ0n) is 8.65. The first kappa shape index (κ1) is 12.3. The van der Waals surface area contributed by atoms with Gasteiger partial charge in [-0.2, -0.15) is 0 Å². The van der Waals surface area contributed by atoms with Crippen LogP contribution in [0.1, 0.15) is 17.7 Å². The van der Waals surface area contributed by atoms with Gasteiger partial charge >= 0.3 is 0 Å². The molecule has 1 aromatic heterocycles. The fourth-order valence-corrected chi connectivity index (χ4v) is 4.90. The van der Waals surface area contributed by atoms with Crippen LogP contribution in [-0.4, -0.2) is 31.7 Å². The van der Waals surface area contributed by atoms with Crippen molar-refractivity contribution in [1.29, 1.82) is 0 Å². The van der Waals surface area contributed by atoms with Gasteiger partial charge in [0.1, 0.15) is 0 Å². The number of hydrogen-bond donors (Lipinski definition) is 1. The van der Waals surface area contributed by atoms with Crippen molar-refractivity contribution in [2.24, 2.45) is 0 Å². The van der Waals surface area contributed by atoms with Gasteiger partial charge in [-0.1, -0.05) is 11.6 Å². The van der Waals surface area contributed by atoms with Crippen molar-refractivity contribution in [3.05, 3.63) is 15.5 Å². The number of nitrogens with zero attached hydrogens (tertiary/aromatic N) is 1. The molecule has 0 saturated carbocycles. The zero-order valence-corrected chi connectivity index (χ0v) is 11.0. The summed E-state index contributed by atoms with van der Waals surface area (Å²) in [7, 11) is -3.07. The second kappa shape index (κ2) is 5.00. The first-order valence-electron chi connectivity index (χ1n) is 5.10. The van der Waals surface area contributed by atoms with E-state index in [9.17, 15) is 8.42 Å². The first-order valence-corrected chi connectivity index (χ1v) is 8.01. The number of nitrogens with one attached hydrogen (secondary N) is 1. The van der Waals surface area contributed by atoms with Crippen LogP contribution in [0.2, 0.25) is 4.47 Å². The quantitative estimate of drug-likeness (QED) is 0.911. The molecule has 1 N–H and O–H groups in total. The normalized spacial score (nSPS) is 22.2. The molecule has 2 rings (SSSR count). The van der Waals surface area contributed by atoms with Crippen molar-refractivity contribution in [2.45, 2.75) is 23.8 Å². The first-order chi connectivity index (χ1) is 7.58. The van der Waals surface area contributed by atoms with Gasteiger partial charge in [0.25, 0.3) is 0 Å². The van der Waals surface area contributed by atoms with Crippen molar-refractivity contribution in [1.82, 2.24) is 10.3 Å². The lowest BCUT2D eigenvalue weighted by molar-refractivity contribution is 0.496. The van der Waals surface area contributed by atoms with Gasteiger partial charge in [0, 0.05) is 17.6 Å². The Bertz CT molecular complexity index is 452. The number of sulfone groups is 1. The van der Waals surface area contributed by atoms with Gasteiger partial charge in [-0.15, -0.1) is 11.3 Å². The monoisotopic (exact) mass is 280 g/mol. The predicted octanol–water partition coefficient (Wildman–Crippen LogP) is 1.46. The van der Waals surface area contributed by atoms with Crippen molar-refractivity contribution in [2.75, 3.05) is 13.1 Å². The van der Waals surface area contributed by atoms with E-state index in [0.29, 0.717) is 11.0 Å². The molecule has 1 aromatic rings. The van der Waals surface area contributed by atoms with Gasteiger partial charge in [0.2, 0.25) is 0 Å². The molecule has 0 aromatic carbocycles. The maximum absolute atomic E-state index is 12.1. The van der Waals surface area contributed by atoms with Crippen LogP contribution >= 0.6 is 22.9 Å². The summed E-state index contributed by atoms with van der Waals surface area (Å²) in [5, 5.41) is 2.85. The second-order valence-corrected chi connectivity index (χ2v) is 7.83. The Kier molecular flexibility index (Phi) is 3.84. The summed E-state index contributed by atoms with van der Waals surface area (Å²) in [6.45, 7) is 1.48. The lowest BCUT2D eigenvalue weighted by Crippen LogP contribution is -2.39. The van der Waals surface area contributed by atoms with E-state index in [1.807, 2.05) is 0 Å². The highest BCUT2D eigenvalue weighted by Gasteiger charge is 2.27. The highest BCUT2D eigenvalue weighted by Crippen LogP contribution is 2.23. The third-order valence-corrected chi connectivity index (χ3v) is 6.06. The number of thiazole rings is 1. The van der Waals surface area contributed by atoms with Crippen LogP contribution in [0.15, 0.2) is 6.20 Å². The van der Waals surface area contributed by atoms with Crippen LogP contribution in [-0.2, 0) is 15.6 Å². The summed E-state index contributed by atoms with van der Waals surface area (Å²) in [5.74, 6) is 0.0593. The Labute approximate surface area is 104 Å². The lowest BCUT2D eigenvalue weighted by atomic mass is 10.2. The molecule has 0 aliphatic carbocycles. The summed E-state index contributed by atoms with van der Waals surface area (Å²) in [6, 6.07) is 0. The molecule has 0 spiro atoms. The van der Waals surface area contributed by atoms with E-state index in [2.05, 4.69) is 10.3 Å². The largest absolute Gasteiger partial charge is 0.315 e. The van der Waals surface area contributed by atoms with Gasteiger partial charge in [0.05, 0.1) is 11.0 Å². The maximum Gasteiger partial charge on any atom is 0.183 e. The van der Waals surface area contributed by atoms with Gasteiger partial charge < -0.3 is 5.32 Å². The van der Waals surface area contributed by atoms with E-state index >= 15 is 0 Å². The topological polar surface area (TPSA) is 59.1 Å². The van der Waals surface area contributed by atoms with Gasteiger partial charge in [0.15, 0.2) is 14.3 Å². The third kappa shape index (κ3) is 2.94. The average Bonchev–Trinajstić information content (AvgIpc) is 2.64. The van der Waals surface area contributed by atoms with Crippen LogP contribution < -0.4 is 5.32 Å². The number of hydrogen-bond acceptors (Lipinski definition) is 5. The zero-order chi connectivity index (χ0) is 11.6. The van der Waals surface area contributed by atoms with Crippen LogP contribution in [0.3, 0.4) is 0 Å². The summed E-state index contributed by atoms with van der Waals surface area (Å²) >= 11 is 6.91. The third-order valence-electron chi connectivity index (χ3n) is 2.63. The molecule has 0 bridgehead atoms. The SMILES string of the molecule is O=S(=O)(Cc1cnc(Cl)s1)[C@@H]1CCCNC1. The van der Waals surface area contributed by atoms with Gasteiger partial charge in [-0.25, -0.2) is 13.4 Å². The van der Waals surface area contributed by atoms with E-state index < -0.39 is 9.84 Å². The average molecular weight is 281 g/mol. The highest BCUT2D eigenvalue weighted by atomic mass is 35.5. The molecule has 0 unspecified atom stereocenters. The van der Waals surface area contributed by atoms with Crippen molar-refractivity contribution >= 4 is 32.8 Å². The molecule has 16 heavy (non-hydrogen) atoms. The molecule has 0 radical (unpaired) electrons. The Morgan fingerprint density at radius 1 is 1.62 bits per heavy atom. The van der Waals surface area contributed by atoms with Crippen LogP contribution in [0.4, 0.5) is 0 Å². The smallest absolute Gasteiger partial charge is 0.183 e. The molecule has 1 atom stereocenters. The number of piperidine rings is 1. The minimum absolute atomic E-state index is 0.0593. The van der Waals surface area contributed by atoms with E-state index in [1.54, 1.807) is 6.20 Å². The van der Waals surface area contributed by atoms with Crippen molar-refractivity contribution in [3.8, 4) is 0 Å². The molecule has 1 aliphatic heterocycles. The molecule has 4 nitrogen and oxygen atoms in total. The van der Waals surface area contributed by atoms with Gasteiger partial charge in [-0.05, 0) is 19.4 Å². The Morgan fingerprint density at radius 3 is 3.00 bits per heavy atom. The Morgan fingerprint density at radius 2 is 2.44 bits per heavy atom. The molecule has 90 valence electrons. The fourth-order valence-electron chi connectivity index (χ4n) is 1.79. The van der Waals surface area contributed by atoms with E-state index in [4.69, 9.17) is 11.6 Å². The highest BCUT2D eigenvalue weighted by molar-refractivity contribution is 7.91. The van der Waals surface area contributed by atoms with E-state index in [0.717, 1.165) is 24.3 Å². The molecule has 1 aliphatic rings. The summed E-state index contributed by atoms with van der Waals surface area (Å²) in [6.07, 6.45) is 3.22. The Balaban J connectivity index is 2.07. The van der Waals surface area contributed by atoms with E-state index in [1.165, 1.54) is 11.3 Å². The summed E-state index contributed by atoms with van der Waals surface area (Å²) in [4.78, 5) is 4.57. The predicted molar refractivity (Wildman–Crippen MR) is 65.6 cm³/mol. The maximum atomic E-state index is 12.1. The molecule has 2 heterocycles.